The van der Waals surface area contributed by atoms with Gasteiger partial charge in [-0.2, -0.15) is 4.91 Å². The van der Waals surface area contributed by atoms with Crippen molar-refractivity contribution >= 4 is 17.2 Å². The van der Waals surface area contributed by atoms with Crippen LogP contribution in [0, 0.1) is 4.91 Å². The molecule has 0 bridgehead atoms. The lowest BCUT2D eigenvalue weighted by molar-refractivity contribution is 0.694. The lowest BCUT2D eigenvalue weighted by Gasteiger charge is -2.14. The zero-order valence-electron chi connectivity index (χ0n) is 12.8. The van der Waals surface area contributed by atoms with Crippen molar-refractivity contribution in [1.82, 2.24) is 14.6 Å². The van der Waals surface area contributed by atoms with Gasteiger partial charge in [0.25, 0.3) is 0 Å². The van der Waals surface area contributed by atoms with Gasteiger partial charge < -0.3 is 11.1 Å². The molecular weight excluding hydrogens is 292 g/mol. The van der Waals surface area contributed by atoms with Gasteiger partial charge in [0.1, 0.15) is 12.4 Å². The van der Waals surface area contributed by atoms with Crippen molar-refractivity contribution in [3.05, 3.63) is 47.5 Å². The summed E-state index contributed by atoms with van der Waals surface area (Å²) in [4.78, 5) is 14.8. The molecule has 2 aromatic heterocycles. The quantitative estimate of drug-likeness (QED) is 0.539. The molecule has 0 saturated carbocycles. The van der Waals surface area contributed by atoms with Gasteiger partial charge in [-0.05, 0) is 30.7 Å². The van der Waals surface area contributed by atoms with Crippen LogP contribution >= 0.6 is 0 Å². The van der Waals surface area contributed by atoms with Gasteiger partial charge in [-0.25, -0.2) is 9.50 Å². The zero-order chi connectivity index (χ0) is 16.2. The molecule has 0 amide bonds. The van der Waals surface area contributed by atoms with Crippen molar-refractivity contribution in [3.63, 3.8) is 0 Å². The summed E-state index contributed by atoms with van der Waals surface area (Å²) in [6, 6.07) is 11.3. The van der Waals surface area contributed by atoms with Crippen molar-refractivity contribution in [2.75, 3.05) is 17.6 Å². The first-order valence-electron chi connectivity index (χ1n) is 7.47. The molecule has 0 radical (unpaired) electrons. The topological polar surface area (TPSA) is 97.7 Å². The van der Waals surface area contributed by atoms with E-state index in [1.165, 1.54) is 0 Å². The third-order valence-electron chi connectivity index (χ3n) is 3.71. The highest BCUT2D eigenvalue weighted by molar-refractivity contribution is 5.65. The van der Waals surface area contributed by atoms with Crippen LogP contribution in [0.5, 0.6) is 0 Å². The molecule has 7 heteroatoms. The minimum atomic E-state index is -0.0269. The van der Waals surface area contributed by atoms with Gasteiger partial charge in [0.15, 0.2) is 5.65 Å². The molecule has 0 aliphatic heterocycles. The number of benzene rings is 1. The second-order valence-corrected chi connectivity index (χ2v) is 5.32. The number of rotatable bonds is 6. The fraction of sp³-hybridized carbons (Fsp3) is 0.250. The van der Waals surface area contributed by atoms with Crippen LogP contribution in [0.15, 0.2) is 47.8 Å². The van der Waals surface area contributed by atoms with Gasteiger partial charge >= 0.3 is 0 Å². The summed E-state index contributed by atoms with van der Waals surface area (Å²) in [5.41, 5.74) is 9.06. The molecule has 0 aliphatic rings. The number of nitrogens with zero attached hydrogens (tertiary/aromatic N) is 4. The number of anilines is 2. The predicted octanol–water partition coefficient (Wildman–Crippen LogP) is 2.94. The maximum Gasteiger partial charge on any atom is 0.154 e. The first-order valence-corrected chi connectivity index (χ1v) is 7.47. The molecular formula is C16H18N6O. The van der Waals surface area contributed by atoms with Gasteiger partial charge in [0.05, 0.1) is 17.9 Å². The normalized spacial score (nSPS) is 12.2. The minimum absolute atomic E-state index is 0.0269. The van der Waals surface area contributed by atoms with Crippen molar-refractivity contribution in [2.24, 2.45) is 5.18 Å². The van der Waals surface area contributed by atoms with Crippen LogP contribution < -0.4 is 11.1 Å². The number of hydrogen-bond donors (Lipinski definition) is 2. The highest BCUT2D eigenvalue weighted by Gasteiger charge is 2.10. The van der Waals surface area contributed by atoms with Crippen molar-refractivity contribution in [3.8, 4) is 11.3 Å². The molecule has 0 fully saturated rings. The first-order chi connectivity index (χ1) is 11.2. The van der Waals surface area contributed by atoms with Crippen molar-refractivity contribution in [2.45, 2.75) is 19.4 Å². The Hall–Kier alpha value is -2.96. The maximum absolute atomic E-state index is 10.5. The Morgan fingerprint density at radius 2 is 2.04 bits per heavy atom. The second-order valence-electron chi connectivity index (χ2n) is 5.32. The van der Waals surface area contributed by atoms with Crippen LogP contribution in [0.2, 0.25) is 0 Å². The van der Waals surface area contributed by atoms with E-state index in [9.17, 15) is 4.91 Å². The van der Waals surface area contributed by atoms with Gasteiger partial charge in [-0.15, -0.1) is 5.10 Å². The van der Waals surface area contributed by atoms with E-state index in [2.05, 4.69) is 20.6 Å². The van der Waals surface area contributed by atoms with Gasteiger partial charge in [0.2, 0.25) is 0 Å². The van der Waals surface area contributed by atoms with E-state index in [0.717, 1.165) is 23.3 Å². The zero-order valence-corrected chi connectivity index (χ0v) is 12.8. The lowest BCUT2D eigenvalue weighted by Crippen LogP contribution is -2.22. The Balaban J connectivity index is 1.96. The third kappa shape index (κ3) is 3.13. The van der Waals surface area contributed by atoms with E-state index >= 15 is 0 Å². The average Bonchev–Trinajstić information content (AvgIpc) is 2.98. The summed E-state index contributed by atoms with van der Waals surface area (Å²) in [6.45, 7) is 2.21. The first kappa shape index (κ1) is 15.0. The summed E-state index contributed by atoms with van der Waals surface area (Å²) in [5, 5.41) is 10.8. The van der Waals surface area contributed by atoms with Crippen molar-refractivity contribution < 1.29 is 0 Å². The van der Waals surface area contributed by atoms with E-state index in [1.54, 1.807) is 10.7 Å². The fourth-order valence-electron chi connectivity index (χ4n) is 2.38. The summed E-state index contributed by atoms with van der Waals surface area (Å²) in [7, 11) is 0. The lowest BCUT2D eigenvalue weighted by atomic mass is 10.1. The molecule has 3 N–H and O–H groups in total. The standard InChI is InChI=1S/C16H18N6O/c1-2-13(9-19-23)20-15-7-8-16-18-10-14(22(16)21-15)11-3-5-12(17)6-4-11/h3-8,10,13H,2,9,17H2,1H3,(H,20,21). The predicted molar refractivity (Wildman–Crippen MR) is 91.2 cm³/mol. The fourth-order valence-corrected chi connectivity index (χ4v) is 2.38. The number of nitrogens with one attached hydrogen (secondary N) is 1. The highest BCUT2D eigenvalue weighted by Crippen LogP contribution is 2.22. The van der Waals surface area contributed by atoms with Crippen LogP contribution in [0.1, 0.15) is 13.3 Å². The number of nitrogens with two attached hydrogens (primary N) is 1. The molecule has 1 aromatic carbocycles. The Kier molecular flexibility index (Phi) is 4.18. The summed E-state index contributed by atoms with van der Waals surface area (Å²) in [5.74, 6) is 0.683. The molecule has 1 atom stereocenters. The molecule has 3 aromatic rings. The SMILES string of the molecule is CCC(CN=O)Nc1ccc2ncc(-c3ccc(N)cc3)n2n1. The Labute approximate surface area is 133 Å². The number of nitrogen functional groups attached to an aromatic ring is 1. The molecule has 7 nitrogen and oxygen atoms in total. The molecule has 0 aliphatic carbocycles. The van der Waals surface area contributed by atoms with E-state index in [-0.39, 0.29) is 12.6 Å². The molecule has 0 spiro atoms. The Bertz CT molecular complexity index is 811. The highest BCUT2D eigenvalue weighted by atomic mass is 16.3. The van der Waals surface area contributed by atoms with E-state index in [1.807, 2.05) is 43.3 Å². The number of imidazole rings is 1. The average molecular weight is 310 g/mol. The van der Waals surface area contributed by atoms with E-state index in [0.29, 0.717) is 11.5 Å². The Morgan fingerprint density at radius 1 is 1.26 bits per heavy atom. The Morgan fingerprint density at radius 3 is 2.74 bits per heavy atom. The number of fused-ring (bicyclic) bond motifs is 1. The third-order valence-corrected chi connectivity index (χ3v) is 3.71. The maximum atomic E-state index is 10.5. The smallest absolute Gasteiger partial charge is 0.154 e. The monoisotopic (exact) mass is 310 g/mol. The summed E-state index contributed by atoms with van der Waals surface area (Å²) in [6.07, 6.45) is 2.57. The molecule has 23 heavy (non-hydrogen) atoms. The number of nitroso groups, excluding NO2 is 1. The second kappa shape index (κ2) is 6.43. The van der Waals surface area contributed by atoms with Crippen LogP contribution in [0.25, 0.3) is 16.9 Å². The molecule has 1 unspecified atom stereocenters. The molecule has 3 rings (SSSR count). The number of aromatic nitrogens is 3. The van der Waals surface area contributed by atoms with Gasteiger partial charge in [0, 0.05) is 11.3 Å². The van der Waals surface area contributed by atoms with E-state index < -0.39 is 0 Å². The largest absolute Gasteiger partial charge is 0.399 e. The summed E-state index contributed by atoms with van der Waals surface area (Å²) >= 11 is 0. The molecule has 118 valence electrons. The van der Waals surface area contributed by atoms with Crippen molar-refractivity contribution in [1.29, 1.82) is 0 Å². The van der Waals surface area contributed by atoms with Crippen LogP contribution in [-0.2, 0) is 0 Å². The minimum Gasteiger partial charge on any atom is -0.399 e. The van der Waals surface area contributed by atoms with Crippen LogP contribution in [-0.4, -0.2) is 27.2 Å². The van der Waals surface area contributed by atoms with Gasteiger partial charge in [-0.3, -0.25) is 0 Å². The van der Waals surface area contributed by atoms with Gasteiger partial charge in [-0.1, -0.05) is 24.2 Å². The molecule has 2 heterocycles. The molecule has 0 saturated heterocycles. The van der Waals surface area contributed by atoms with Crippen LogP contribution in [0.3, 0.4) is 0 Å². The van der Waals surface area contributed by atoms with Crippen LogP contribution in [0.4, 0.5) is 11.5 Å². The summed E-state index contributed by atoms with van der Waals surface area (Å²) < 4.78 is 1.77. The van der Waals surface area contributed by atoms with E-state index in [4.69, 9.17) is 5.73 Å². The number of hydrogen-bond acceptors (Lipinski definition) is 6.